The molecule has 0 N–H and O–H groups in total. The van der Waals surface area contributed by atoms with Gasteiger partial charge in [0.05, 0.1) is 30.8 Å². The Hall–Kier alpha value is -2.67. The molecular weight excluding hydrogens is 470 g/mol. The van der Waals surface area contributed by atoms with Gasteiger partial charge in [-0.25, -0.2) is 4.98 Å². The Morgan fingerprint density at radius 2 is 2.00 bits per heavy atom. The lowest BCUT2D eigenvalue weighted by molar-refractivity contribution is 0.191. The van der Waals surface area contributed by atoms with E-state index >= 15 is 0 Å². The number of para-hydroxylation sites is 1. The molecule has 170 valence electrons. The lowest BCUT2D eigenvalue weighted by Crippen LogP contribution is -2.24. The monoisotopic (exact) mass is 499 g/mol. The molecule has 0 bridgehead atoms. The van der Waals surface area contributed by atoms with E-state index in [9.17, 15) is 4.79 Å². The lowest BCUT2D eigenvalue weighted by Gasteiger charge is -2.21. The number of ether oxygens (including phenoxy) is 2. The van der Waals surface area contributed by atoms with Crippen LogP contribution in [0.3, 0.4) is 0 Å². The second-order valence-corrected chi connectivity index (χ2v) is 9.95. The quantitative estimate of drug-likeness (QED) is 0.374. The molecule has 0 aliphatic carbocycles. The third-order valence-electron chi connectivity index (χ3n) is 5.08. The van der Waals surface area contributed by atoms with Gasteiger partial charge in [0.2, 0.25) is 0 Å². The highest BCUT2D eigenvalue weighted by Crippen LogP contribution is 2.32. The summed E-state index contributed by atoms with van der Waals surface area (Å²) < 4.78 is 13.8. The zero-order valence-electron chi connectivity index (χ0n) is 19.5. The van der Waals surface area contributed by atoms with Gasteiger partial charge in [-0.15, -0.1) is 0 Å². The highest BCUT2D eigenvalue weighted by Gasteiger charge is 2.18. The van der Waals surface area contributed by atoms with Crippen LogP contribution in [0.1, 0.15) is 58.3 Å². The van der Waals surface area contributed by atoms with Crippen molar-refractivity contribution in [1.29, 1.82) is 0 Å². The number of hydrogen-bond donors (Lipinski definition) is 0. The van der Waals surface area contributed by atoms with Gasteiger partial charge in [-0.2, -0.15) is 9.78 Å². The van der Waals surface area contributed by atoms with E-state index in [4.69, 9.17) is 14.5 Å². The molecule has 3 aromatic rings. The molecular formula is C25H30BrN3O3. The smallest absolute Gasteiger partial charge is 0.282 e. The number of halogens is 1. The molecule has 0 spiro atoms. The molecule has 2 aromatic carbocycles. The number of benzene rings is 2. The van der Waals surface area contributed by atoms with Crippen LogP contribution in [0, 0.1) is 5.41 Å². The Morgan fingerprint density at radius 1 is 1.25 bits per heavy atom. The average Bonchev–Trinajstić information content (AvgIpc) is 2.76. The fourth-order valence-corrected chi connectivity index (χ4v) is 3.50. The van der Waals surface area contributed by atoms with Crippen LogP contribution >= 0.6 is 15.9 Å². The molecule has 7 heteroatoms. The van der Waals surface area contributed by atoms with Gasteiger partial charge in [-0.3, -0.25) is 4.79 Å². The average molecular weight is 500 g/mol. The van der Waals surface area contributed by atoms with Crippen molar-refractivity contribution >= 4 is 33.0 Å². The van der Waals surface area contributed by atoms with E-state index in [1.165, 1.54) is 4.68 Å². The Balaban J connectivity index is 2.14. The number of hydrogen-bond acceptors (Lipinski definition) is 5. The fraction of sp³-hybridized carbons (Fsp3) is 0.400. The topological polar surface area (TPSA) is 65.7 Å². The summed E-state index contributed by atoms with van der Waals surface area (Å²) in [4.78, 5) is 18.1. The third kappa shape index (κ3) is 5.38. The van der Waals surface area contributed by atoms with Crippen molar-refractivity contribution in [1.82, 2.24) is 9.66 Å². The van der Waals surface area contributed by atoms with Gasteiger partial charge in [0.15, 0.2) is 11.5 Å². The first kappa shape index (κ1) is 24.0. The molecule has 0 saturated heterocycles. The minimum absolute atomic E-state index is 0.0222. The number of methoxy groups -OCH3 is 1. The first-order valence-corrected chi connectivity index (χ1v) is 11.5. The van der Waals surface area contributed by atoms with Crippen molar-refractivity contribution in [3.63, 3.8) is 0 Å². The summed E-state index contributed by atoms with van der Waals surface area (Å²) >= 11 is 3.44. The summed E-state index contributed by atoms with van der Waals surface area (Å²) in [6.45, 7) is 10.9. The van der Waals surface area contributed by atoms with Gasteiger partial charge in [0, 0.05) is 16.0 Å². The van der Waals surface area contributed by atoms with Crippen molar-refractivity contribution in [2.45, 2.75) is 47.0 Å². The number of aromatic nitrogens is 2. The summed E-state index contributed by atoms with van der Waals surface area (Å²) in [6.07, 6.45) is 2.47. The van der Waals surface area contributed by atoms with Crippen LogP contribution in [0.2, 0.25) is 0 Å². The van der Waals surface area contributed by atoms with E-state index in [1.807, 2.05) is 37.3 Å². The molecule has 3 rings (SSSR count). The molecule has 6 nitrogen and oxygen atoms in total. The van der Waals surface area contributed by atoms with E-state index in [1.54, 1.807) is 19.4 Å². The van der Waals surface area contributed by atoms with Crippen LogP contribution in [0.4, 0.5) is 0 Å². The van der Waals surface area contributed by atoms with Crippen LogP contribution in [0.5, 0.6) is 11.5 Å². The fourth-order valence-electron chi connectivity index (χ4n) is 3.14. The third-order valence-corrected chi connectivity index (χ3v) is 5.57. The van der Waals surface area contributed by atoms with Gasteiger partial charge < -0.3 is 9.47 Å². The van der Waals surface area contributed by atoms with E-state index < -0.39 is 0 Å². The summed E-state index contributed by atoms with van der Waals surface area (Å²) in [5.41, 5.74) is 1.16. The van der Waals surface area contributed by atoms with Gasteiger partial charge in [0.25, 0.3) is 5.56 Å². The van der Waals surface area contributed by atoms with Gasteiger partial charge in [-0.1, -0.05) is 56.6 Å². The van der Waals surface area contributed by atoms with Gasteiger partial charge >= 0.3 is 0 Å². The molecule has 0 radical (unpaired) electrons. The molecule has 1 atom stereocenters. The Labute approximate surface area is 197 Å². The standard InChI is InChI=1S/C25H30BrN3O3/c1-7-16(2)23-28-20-12-11-18(26)13-19(20)24(30)29(23)27-14-17-9-8-10-21(31-6)22(17)32-15-25(3,4)5/h8-14,16H,7,15H2,1-6H3/t16-/m0/s1. The van der Waals surface area contributed by atoms with Crippen molar-refractivity contribution in [2.75, 3.05) is 13.7 Å². The lowest BCUT2D eigenvalue weighted by atomic mass is 9.98. The highest BCUT2D eigenvalue weighted by molar-refractivity contribution is 9.10. The van der Waals surface area contributed by atoms with Gasteiger partial charge in [-0.05, 0) is 42.2 Å². The van der Waals surface area contributed by atoms with Crippen molar-refractivity contribution in [2.24, 2.45) is 10.5 Å². The summed E-state index contributed by atoms with van der Waals surface area (Å²) in [5.74, 6) is 1.91. The maximum Gasteiger partial charge on any atom is 0.282 e. The van der Waals surface area contributed by atoms with E-state index in [2.05, 4.69) is 48.7 Å². The van der Waals surface area contributed by atoms with Crippen molar-refractivity contribution in [3.8, 4) is 11.5 Å². The first-order valence-electron chi connectivity index (χ1n) is 10.7. The maximum atomic E-state index is 13.3. The van der Waals surface area contributed by atoms with Crippen molar-refractivity contribution in [3.05, 3.63) is 62.6 Å². The highest BCUT2D eigenvalue weighted by atomic mass is 79.9. The predicted octanol–water partition coefficient (Wildman–Crippen LogP) is 5.99. The van der Waals surface area contributed by atoms with Crippen molar-refractivity contribution < 1.29 is 9.47 Å². The van der Waals surface area contributed by atoms with Crippen LogP contribution < -0.4 is 15.0 Å². The summed E-state index contributed by atoms with van der Waals surface area (Å²) in [7, 11) is 1.61. The molecule has 0 fully saturated rings. The largest absolute Gasteiger partial charge is 0.493 e. The molecule has 1 aromatic heterocycles. The molecule has 32 heavy (non-hydrogen) atoms. The number of nitrogens with zero attached hydrogens (tertiary/aromatic N) is 3. The molecule has 0 amide bonds. The molecule has 0 saturated carbocycles. The zero-order chi connectivity index (χ0) is 23.5. The first-order chi connectivity index (χ1) is 15.1. The Bertz CT molecular complexity index is 1200. The molecule has 0 aliphatic heterocycles. The van der Waals surface area contributed by atoms with Crippen LogP contribution in [0.25, 0.3) is 10.9 Å². The van der Waals surface area contributed by atoms with Crippen LogP contribution in [-0.4, -0.2) is 29.6 Å². The minimum Gasteiger partial charge on any atom is -0.493 e. The van der Waals surface area contributed by atoms with E-state index in [-0.39, 0.29) is 16.9 Å². The summed E-state index contributed by atoms with van der Waals surface area (Å²) in [6, 6.07) is 11.1. The SMILES string of the molecule is CC[C@H](C)c1nc2ccc(Br)cc2c(=O)n1N=Cc1cccc(OC)c1OCC(C)(C)C. The molecule has 1 heterocycles. The van der Waals surface area contributed by atoms with E-state index in [0.717, 1.165) is 16.5 Å². The Morgan fingerprint density at radius 3 is 2.66 bits per heavy atom. The second kappa shape index (κ2) is 9.86. The van der Waals surface area contributed by atoms with Gasteiger partial charge in [0.1, 0.15) is 5.82 Å². The zero-order valence-corrected chi connectivity index (χ0v) is 21.1. The summed E-state index contributed by atoms with van der Waals surface area (Å²) in [5, 5.41) is 5.08. The second-order valence-electron chi connectivity index (χ2n) is 9.03. The Kier molecular flexibility index (Phi) is 7.39. The van der Waals surface area contributed by atoms with Crippen LogP contribution in [0.15, 0.2) is 50.8 Å². The predicted molar refractivity (Wildman–Crippen MR) is 133 cm³/mol. The minimum atomic E-state index is -0.206. The number of fused-ring (bicyclic) bond motifs is 1. The molecule has 0 aliphatic rings. The van der Waals surface area contributed by atoms with E-state index in [0.29, 0.717) is 34.8 Å². The normalized spacial score (nSPS) is 13.0. The molecule has 0 unspecified atom stereocenters. The number of rotatable bonds is 7. The maximum absolute atomic E-state index is 13.3. The van der Waals surface area contributed by atoms with Crippen LogP contribution in [-0.2, 0) is 0 Å².